The van der Waals surface area contributed by atoms with Crippen molar-refractivity contribution in [1.82, 2.24) is 5.32 Å². The van der Waals surface area contributed by atoms with Gasteiger partial charge in [-0.05, 0) is 46.2 Å². The van der Waals surface area contributed by atoms with Crippen LogP contribution in [-0.4, -0.2) is 24.1 Å². The molecule has 0 spiro atoms. The van der Waals surface area contributed by atoms with Crippen molar-refractivity contribution in [3.8, 4) is 5.75 Å². The molecule has 0 aliphatic rings. The summed E-state index contributed by atoms with van der Waals surface area (Å²) >= 11 is 0. The summed E-state index contributed by atoms with van der Waals surface area (Å²) in [6.07, 6.45) is 0. The number of hydrogen-bond donors (Lipinski definition) is 2. The van der Waals surface area contributed by atoms with Gasteiger partial charge in [0.15, 0.2) is 0 Å². The first-order valence-corrected chi connectivity index (χ1v) is 6.52. The number of carbonyl (C=O) groups excluding carboxylic acids is 1. The Labute approximate surface area is 115 Å². The van der Waals surface area contributed by atoms with Crippen molar-refractivity contribution in [3.63, 3.8) is 0 Å². The van der Waals surface area contributed by atoms with Crippen LogP contribution in [0.3, 0.4) is 0 Å². The number of hydrogen-bond acceptors (Lipinski definition) is 3. The van der Waals surface area contributed by atoms with Crippen LogP contribution in [0.25, 0.3) is 0 Å². The van der Waals surface area contributed by atoms with Crippen LogP contribution in [0.15, 0.2) is 18.2 Å². The molecule has 0 saturated heterocycles. The molecule has 0 aliphatic heterocycles. The topological polar surface area (TPSA) is 64.3 Å². The van der Waals surface area contributed by atoms with Gasteiger partial charge in [0.05, 0.1) is 0 Å². The normalized spacial score (nSPS) is 14.2. The van der Waals surface area contributed by atoms with Crippen LogP contribution in [0.5, 0.6) is 5.75 Å². The zero-order valence-electron chi connectivity index (χ0n) is 12.4. The van der Waals surface area contributed by atoms with E-state index in [-0.39, 0.29) is 12.6 Å². The first kappa shape index (κ1) is 15.5. The Morgan fingerprint density at radius 2 is 2.05 bits per heavy atom. The van der Waals surface area contributed by atoms with Gasteiger partial charge in [-0.3, -0.25) is 10.1 Å². The molecule has 0 radical (unpaired) electrons. The molecule has 1 amide bonds. The molecule has 4 nitrogen and oxygen atoms in total. The maximum absolute atomic E-state index is 11.6. The summed E-state index contributed by atoms with van der Waals surface area (Å²) < 4.78 is 5.76. The summed E-state index contributed by atoms with van der Waals surface area (Å²) in [4.78, 5) is 11.6. The van der Waals surface area contributed by atoms with Crippen LogP contribution in [0, 0.1) is 13.8 Å². The maximum Gasteiger partial charge on any atom is 0.240 e. The lowest BCUT2D eigenvalue weighted by molar-refractivity contribution is -0.125. The zero-order valence-corrected chi connectivity index (χ0v) is 12.4. The monoisotopic (exact) mass is 264 g/mol. The summed E-state index contributed by atoms with van der Waals surface area (Å²) in [5, 5.41) is 3.16. The minimum atomic E-state index is -0.870. The van der Waals surface area contributed by atoms with Gasteiger partial charge >= 0.3 is 0 Å². The summed E-state index contributed by atoms with van der Waals surface area (Å²) in [6, 6.07) is 6.11. The van der Waals surface area contributed by atoms with E-state index in [0.717, 1.165) is 11.3 Å². The van der Waals surface area contributed by atoms with Crippen LogP contribution in [-0.2, 0) is 4.79 Å². The number of carbonyl (C=O) groups is 1. The van der Waals surface area contributed by atoms with Crippen molar-refractivity contribution < 1.29 is 9.53 Å². The SMILES string of the molecule is Cc1ccc(OCC(C)(NC(C)C)C(N)=O)c(C)c1. The Hall–Kier alpha value is -1.55. The highest BCUT2D eigenvalue weighted by Gasteiger charge is 2.32. The zero-order chi connectivity index (χ0) is 14.6. The molecule has 0 saturated carbocycles. The second kappa shape index (κ2) is 6.06. The molecule has 1 aromatic rings. The quantitative estimate of drug-likeness (QED) is 0.825. The predicted molar refractivity (Wildman–Crippen MR) is 77.3 cm³/mol. The number of primary amides is 1. The van der Waals surface area contributed by atoms with E-state index in [9.17, 15) is 4.79 Å². The van der Waals surface area contributed by atoms with Crippen molar-refractivity contribution >= 4 is 5.91 Å². The molecule has 0 aromatic heterocycles. The van der Waals surface area contributed by atoms with Gasteiger partial charge in [-0.1, -0.05) is 17.7 Å². The fourth-order valence-corrected chi connectivity index (χ4v) is 2.00. The molecule has 0 fully saturated rings. The van der Waals surface area contributed by atoms with Crippen molar-refractivity contribution in [2.24, 2.45) is 5.73 Å². The lowest BCUT2D eigenvalue weighted by Crippen LogP contribution is -2.59. The third-order valence-electron chi connectivity index (χ3n) is 3.00. The molecular weight excluding hydrogens is 240 g/mol. The second-order valence-electron chi connectivity index (χ2n) is 5.55. The number of rotatable bonds is 6. The molecule has 19 heavy (non-hydrogen) atoms. The Kier molecular flexibility index (Phi) is 4.95. The number of nitrogens with two attached hydrogens (primary N) is 1. The maximum atomic E-state index is 11.6. The summed E-state index contributed by atoms with van der Waals surface area (Å²) in [5.74, 6) is 0.370. The van der Waals surface area contributed by atoms with Gasteiger partial charge in [0.25, 0.3) is 0 Å². The van der Waals surface area contributed by atoms with Crippen molar-refractivity contribution in [2.75, 3.05) is 6.61 Å². The molecule has 1 atom stereocenters. The van der Waals surface area contributed by atoms with E-state index >= 15 is 0 Å². The molecule has 1 aromatic carbocycles. The Balaban J connectivity index is 2.79. The van der Waals surface area contributed by atoms with E-state index in [1.807, 2.05) is 45.9 Å². The average Bonchev–Trinajstić information content (AvgIpc) is 2.26. The van der Waals surface area contributed by atoms with Gasteiger partial charge in [-0.2, -0.15) is 0 Å². The standard InChI is InChI=1S/C15H24N2O2/c1-10(2)17-15(5,14(16)18)9-19-13-7-6-11(3)8-12(13)4/h6-8,10,17H,9H2,1-5H3,(H2,16,18). The summed E-state index contributed by atoms with van der Waals surface area (Å²) in [5.41, 5.74) is 6.83. The molecule has 1 rings (SSSR count). The molecule has 4 heteroatoms. The van der Waals surface area contributed by atoms with E-state index < -0.39 is 11.4 Å². The highest BCUT2D eigenvalue weighted by atomic mass is 16.5. The van der Waals surface area contributed by atoms with Crippen LogP contribution in [0.4, 0.5) is 0 Å². The third-order valence-corrected chi connectivity index (χ3v) is 3.00. The van der Waals surface area contributed by atoms with Gasteiger partial charge in [0.2, 0.25) is 5.91 Å². The van der Waals surface area contributed by atoms with Gasteiger partial charge < -0.3 is 10.5 Å². The minimum absolute atomic E-state index is 0.153. The van der Waals surface area contributed by atoms with Crippen molar-refractivity contribution in [3.05, 3.63) is 29.3 Å². The number of benzene rings is 1. The molecule has 0 bridgehead atoms. The molecule has 1 unspecified atom stereocenters. The Bertz CT molecular complexity index is 457. The lowest BCUT2D eigenvalue weighted by atomic mass is 10.0. The molecule has 3 N–H and O–H groups in total. The Morgan fingerprint density at radius 1 is 1.42 bits per heavy atom. The van der Waals surface area contributed by atoms with Gasteiger partial charge in [-0.15, -0.1) is 0 Å². The van der Waals surface area contributed by atoms with Crippen molar-refractivity contribution in [1.29, 1.82) is 0 Å². The minimum Gasteiger partial charge on any atom is -0.491 e. The highest BCUT2D eigenvalue weighted by molar-refractivity contribution is 5.84. The second-order valence-corrected chi connectivity index (χ2v) is 5.55. The van der Waals surface area contributed by atoms with E-state index in [1.165, 1.54) is 5.56 Å². The molecule has 0 heterocycles. The first-order chi connectivity index (χ1) is 8.74. The fourth-order valence-electron chi connectivity index (χ4n) is 2.00. The van der Waals surface area contributed by atoms with Gasteiger partial charge in [0.1, 0.15) is 17.9 Å². The smallest absolute Gasteiger partial charge is 0.240 e. The Morgan fingerprint density at radius 3 is 2.53 bits per heavy atom. The summed E-state index contributed by atoms with van der Waals surface area (Å²) in [6.45, 7) is 9.93. The van der Waals surface area contributed by atoms with E-state index in [1.54, 1.807) is 6.92 Å². The largest absolute Gasteiger partial charge is 0.491 e. The van der Waals surface area contributed by atoms with E-state index in [0.29, 0.717) is 0 Å². The van der Waals surface area contributed by atoms with Crippen LogP contribution >= 0.6 is 0 Å². The van der Waals surface area contributed by atoms with Gasteiger partial charge in [-0.25, -0.2) is 0 Å². The molecular formula is C15H24N2O2. The lowest BCUT2D eigenvalue weighted by Gasteiger charge is -2.29. The summed E-state index contributed by atoms with van der Waals surface area (Å²) in [7, 11) is 0. The highest BCUT2D eigenvalue weighted by Crippen LogP contribution is 2.20. The first-order valence-electron chi connectivity index (χ1n) is 6.52. The van der Waals surface area contributed by atoms with E-state index in [2.05, 4.69) is 5.32 Å². The number of amides is 1. The predicted octanol–water partition coefficient (Wildman–Crippen LogP) is 1.92. The van der Waals surface area contributed by atoms with Crippen LogP contribution < -0.4 is 15.8 Å². The van der Waals surface area contributed by atoms with E-state index in [4.69, 9.17) is 10.5 Å². The van der Waals surface area contributed by atoms with Crippen molar-refractivity contribution in [2.45, 2.75) is 46.2 Å². The van der Waals surface area contributed by atoms with Gasteiger partial charge in [0, 0.05) is 6.04 Å². The van der Waals surface area contributed by atoms with Crippen LogP contribution in [0.1, 0.15) is 31.9 Å². The number of nitrogens with one attached hydrogen (secondary N) is 1. The third kappa shape index (κ3) is 4.24. The molecule has 0 aliphatic carbocycles. The average molecular weight is 264 g/mol. The molecule has 106 valence electrons. The number of ether oxygens (including phenoxy) is 1. The fraction of sp³-hybridized carbons (Fsp3) is 0.533. The number of aryl methyl sites for hydroxylation is 2. The van der Waals surface area contributed by atoms with Crippen LogP contribution in [0.2, 0.25) is 0 Å².